The topological polar surface area (TPSA) is 37.8 Å². The first kappa shape index (κ1) is 11.7. The van der Waals surface area contributed by atoms with E-state index < -0.39 is 0 Å². The Hall–Kier alpha value is -0.770. The van der Waals surface area contributed by atoms with Crippen LogP contribution in [0.15, 0.2) is 5.16 Å². The van der Waals surface area contributed by atoms with Gasteiger partial charge >= 0.3 is 0 Å². The maximum Gasteiger partial charge on any atom is 0.189 e. The zero-order chi connectivity index (χ0) is 11.5. The molecule has 1 saturated carbocycles. The van der Waals surface area contributed by atoms with Crippen LogP contribution in [0.1, 0.15) is 36.9 Å². The van der Waals surface area contributed by atoms with Crippen molar-refractivity contribution in [1.29, 1.82) is 0 Å². The molecule has 0 unspecified atom stereocenters. The second-order valence-corrected chi connectivity index (χ2v) is 5.17. The Morgan fingerprint density at radius 2 is 1.88 bits per heavy atom. The number of hydrogen-bond acceptors (Lipinski definition) is 4. The third kappa shape index (κ3) is 2.48. The van der Waals surface area contributed by atoms with E-state index >= 15 is 0 Å². The minimum Gasteiger partial charge on any atom is -0.367 e. The highest BCUT2D eigenvalue weighted by atomic mass is 32.2. The van der Waals surface area contributed by atoms with E-state index in [0.29, 0.717) is 6.04 Å². The molecule has 0 saturated heterocycles. The van der Waals surface area contributed by atoms with E-state index in [9.17, 15) is 0 Å². The van der Waals surface area contributed by atoms with E-state index in [1.54, 1.807) is 11.8 Å². The number of hydrogen-bond donors (Lipinski definition) is 1. The molecule has 0 radical (unpaired) electrons. The van der Waals surface area contributed by atoms with Crippen LogP contribution in [0.3, 0.4) is 0 Å². The maximum atomic E-state index is 4.56. The van der Waals surface area contributed by atoms with Crippen LogP contribution < -0.4 is 5.32 Å². The van der Waals surface area contributed by atoms with Crippen molar-refractivity contribution >= 4 is 17.6 Å². The van der Waals surface area contributed by atoms with Crippen molar-refractivity contribution in [3.8, 4) is 0 Å². The summed E-state index contributed by atoms with van der Waals surface area (Å²) < 4.78 is 0. The van der Waals surface area contributed by atoms with Crippen molar-refractivity contribution < 1.29 is 0 Å². The van der Waals surface area contributed by atoms with Crippen LogP contribution in [0.2, 0.25) is 0 Å². The van der Waals surface area contributed by atoms with Gasteiger partial charge in [0.15, 0.2) is 5.16 Å². The van der Waals surface area contributed by atoms with Crippen LogP contribution in [0.4, 0.5) is 5.82 Å². The van der Waals surface area contributed by atoms with Crippen LogP contribution in [0, 0.1) is 13.8 Å². The third-order valence-corrected chi connectivity index (χ3v) is 3.80. The number of aromatic nitrogens is 2. The predicted octanol–water partition coefficient (Wildman–Crippen LogP) is 3.17. The Balaban J connectivity index is 2.20. The number of nitrogens with zero attached hydrogens (tertiary/aromatic N) is 2. The second-order valence-electron chi connectivity index (χ2n) is 4.40. The largest absolute Gasteiger partial charge is 0.367 e. The van der Waals surface area contributed by atoms with Crippen LogP contribution in [0.5, 0.6) is 0 Å². The predicted molar refractivity (Wildman–Crippen MR) is 69.2 cm³/mol. The molecular formula is C12H19N3S. The van der Waals surface area contributed by atoms with Gasteiger partial charge in [-0.25, -0.2) is 9.97 Å². The van der Waals surface area contributed by atoms with Crippen LogP contribution in [-0.4, -0.2) is 22.3 Å². The number of rotatable bonds is 3. The first-order valence-corrected chi connectivity index (χ1v) is 7.09. The fourth-order valence-corrected chi connectivity index (χ4v) is 2.51. The zero-order valence-corrected chi connectivity index (χ0v) is 11.0. The minimum absolute atomic E-state index is 0.614. The van der Waals surface area contributed by atoms with Gasteiger partial charge in [-0.15, -0.1) is 0 Å². The molecule has 1 fully saturated rings. The Kier molecular flexibility index (Phi) is 3.69. The Morgan fingerprint density at radius 3 is 2.50 bits per heavy atom. The molecule has 1 aromatic rings. The summed E-state index contributed by atoms with van der Waals surface area (Å²) in [5.41, 5.74) is 2.27. The quantitative estimate of drug-likeness (QED) is 0.647. The average Bonchev–Trinajstić information content (AvgIpc) is 2.77. The smallest absolute Gasteiger partial charge is 0.189 e. The van der Waals surface area contributed by atoms with Gasteiger partial charge in [0, 0.05) is 17.3 Å². The lowest BCUT2D eigenvalue weighted by Crippen LogP contribution is -2.17. The molecule has 2 rings (SSSR count). The van der Waals surface area contributed by atoms with Gasteiger partial charge in [-0.1, -0.05) is 24.6 Å². The van der Waals surface area contributed by atoms with Crippen LogP contribution >= 0.6 is 11.8 Å². The summed E-state index contributed by atoms with van der Waals surface area (Å²) in [4.78, 5) is 8.99. The summed E-state index contributed by atoms with van der Waals surface area (Å²) in [6, 6.07) is 0.614. The Morgan fingerprint density at radius 1 is 1.19 bits per heavy atom. The summed E-state index contributed by atoms with van der Waals surface area (Å²) in [5.74, 6) is 1.03. The van der Waals surface area contributed by atoms with Gasteiger partial charge in [-0.05, 0) is 32.9 Å². The number of nitrogens with one attached hydrogen (secondary N) is 1. The highest BCUT2D eigenvalue weighted by molar-refractivity contribution is 7.98. The van der Waals surface area contributed by atoms with E-state index in [1.807, 2.05) is 6.26 Å². The zero-order valence-electron chi connectivity index (χ0n) is 10.2. The lowest BCUT2D eigenvalue weighted by Gasteiger charge is -2.16. The summed E-state index contributed by atoms with van der Waals surface area (Å²) >= 11 is 1.60. The summed E-state index contributed by atoms with van der Waals surface area (Å²) in [7, 11) is 0. The van der Waals surface area contributed by atoms with Crippen molar-refractivity contribution in [3.63, 3.8) is 0 Å². The Bertz CT molecular complexity index is 373. The molecule has 1 heterocycles. The first-order valence-electron chi connectivity index (χ1n) is 5.86. The van der Waals surface area contributed by atoms with Crippen LogP contribution in [-0.2, 0) is 0 Å². The molecule has 1 aliphatic rings. The SMILES string of the molecule is CSc1nc(C)c(C)c(NC2CCCC2)n1. The fraction of sp³-hybridized carbons (Fsp3) is 0.667. The van der Waals surface area contributed by atoms with Crippen molar-refractivity contribution in [3.05, 3.63) is 11.3 Å². The van der Waals surface area contributed by atoms with E-state index in [4.69, 9.17) is 0 Å². The normalized spacial score (nSPS) is 16.7. The molecule has 0 spiro atoms. The average molecular weight is 237 g/mol. The van der Waals surface area contributed by atoms with Gasteiger partial charge in [0.1, 0.15) is 5.82 Å². The monoisotopic (exact) mass is 237 g/mol. The maximum absolute atomic E-state index is 4.56. The highest BCUT2D eigenvalue weighted by Gasteiger charge is 2.17. The van der Waals surface area contributed by atoms with E-state index in [0.717, 1.165) is 16.7 Å². The standard InChI is InChI=1S/C12H19N3S/c1-8-9(2)13-12(16-3)15-11(8)14-10-6-4-5-7-10/h10H,4-7H2,1-3H3,(H,13,14,15). The van der Waals surface area contributed by atoms with Gasteiger partial charge in [-0.3, -0.25) is 0 Å². The molecule has 0 aromatic carbocycles. The molecule has 3 nitrogen and oxygen atoms in total. The molecule has 0 bridgehead atoms. The fourth-order valence-electron chi connectivity index (χ4n) is 2.10. The summed E-state index contributed by atoms with van der Waals surface area (Å²) in [5, 5.41) is 4.42. The number of aryl methyl sites for hydroxylation is 1. The lowest BCUT2D eigenvalue weighted by molar-refractivity contribution is 0.741. The van der Waals surface area contributed by atoms with E-state index in [-0.39, 0.29) is 0 Å². The van der Waals surface area contributed by atoms with Crippen molar-refractivity contribution in [1.82, 2.24) is 9.97 Å². The summed E-state index contributed by atoms with van der Waals surface area (Å²) in [6.07, 6.45) is 7.25. The van der Waals surface area contributed by atoms with Gasteiger partial charge in [0.25, 0.3) is 0 Å². The van der Waals surface area contributed by atoms with Gasteiger partial charge in [0.05, 0.1) is 0 Å². The minimum atomic E-state index is 0.614. The molecule has 4 heteroatoms. The molecule has 0 aliphatic heterocycles. The number of thioether (sulfide) groups is 1. The molecule has 1 aliphatic carbocycles. The third-order valence-electron chi connectivity index (χ3n) is 3.25. The molecule has 1 aromatic heterocycles. The van der Waals surface area contributed by atoms with Crippen molar-refractivity contribution in [2.75, 3.05) is 11.6 Å². The van der Waals surface area contributed by atoms with Gasteiger partial charge in [-0.2, -0.15) is 0 Å². The van der Waals surface area contributed by atoms with Crippen molar-refractivity contribution in [2.45, 2.75) is 50.7 Å². The Labute approximate surface area is 101 Å². The molecule has 0 atom stereocenters. The highest BCUT2D eigenvalue weighted by Crippen LogP contribution is 2.25. The second kappa shape index (κ2) is 5.04. The summed E-state index contributed by atoms with van der Waals surface area (Å²) in [6.45, 7) is 4.15. The van der Waals surface area contributed by atoms with Crippen molar-refractivity contribution in [2.24, 2.45) is 0 Å². The molecule has 16 heavy (non-hydrogen) atoms. The lowest BCUT2D eigenvalue weighted by atomic mass is 10.2. The molecule has 1 N–H and O–H groups in total. The van der Waals surface area contributed by atoms with Gasteiger partial charge < -0.3 is 5.32 Å². The first-order chi connectivity index (χ1) is 7.70. The molecular weight excluding hydrogens is 218 g/mol. The number of anilines is 1. The van der Waals surface area contributed by atoms with E-state index in [2.05, 4.69) is 29.1 Å². The van der Waals surface area contributed by atoms with E-state index in [1.165, 1.54) is 31.2 Å². The van der Waals surface area contributed by atoms with Gasteiger partial charge in [0.2, 0.25) is 0 Å². The van der Waals surface area contributed by atoms with Crippen LogP contribution in [0.25, 0.3) is 0 Å². The molecule has 0 amide bonds. The molecule has 88 valence electrons.